The van der Waals surface area contributed by atoms with Gasteiger partial charge in [0.15, 0.2) is 0 Å². The summed E-state index contributed by atoms with van der Waals surface area (Å²) >= 11 is 0. The number of nitrogens with two attached hydrogens (primary N) is 1. The number of hydrogen-bond acceptors (Lipinski definition) is 5. The molecule has 2 aromatic rings. The third kappa shape index (κ3) is 4.47. The van der Waals surface area contributed by atoms with Crippen molar-refractivity contribution in [2.24, 2.45) is 17.8 Å². The van der Waals surface area contributed by atoms with E-state index in [1.807, 2.05) is 0 Å². The van der Waals surface area contributed by atoms with Gasteiger partial charge in [0.25, 0.3) is 6.43 Å². The third-order valence-corrected chi connectivity index (χ3v) is 5.46. The highest BCUT2D eigenvalue weighted by molar-refractivity contribution is 6.00. The fraction of sp³-hybridized carbons (Fsp3) is 0.381. The molecule has 1 aromatic carbocycles. The van der Waals surface area contributed by atoms with Crippen LogP contribution in [-0.2, 0) is 16.6 Å². The number of nitrogens with zero attached hydrogens (tertiary/aromatic N) is 4. The van der Waals surface area contributed by atoms with Gasteiger partial charge in [-0.15, -0.1) is 0 Å². The standard InChI is InChI=1S/C21H23F3N6O2/c1-29-7-12(6-26-29)14-4-17(22)19(5-15(14)20(23)24)28-21(25)16-8-30(11-31)3-2-18(16)27-13-9-32-10-13/h4-7,11,13,20,27H,2-3,8-10H2,1H3,(H2,25,28). The van der Waals surface area contributed by atoms with Gasteiger partial charge in [-0.25, -0.2) is 18.2 Å². The van der Waals surface area contributed by atoms with Crippen molar-refractivity contribution in [3.8, 4) is 11.1 Å². The Bertz CT molecular complexity index is 1080. The Kier molecular flexibility index (Phi) is 6.17. The number of aromatic nitrogens is 2. The van der Waals surface area contributed by atoms with Gasteiger partial charge in [0, 0.05) is 48.6 Å². The molecule has 8 nitrogen and oxygen atoms in total. The number of aryl methyl sites for hydroxylation is 1. The molecule has 3 N–H and O–H groups in total. The van der Waals surface area contributed by atoms with Crippen LogP contribution in [0, 0.1) is 5.82 Å². The molecule has 2 aliphatic rings. The maximum atomic E-state index is 14.9. The SMILES string of the molecule is Cn1cc(-c2cc(F)c(N=C(N)C3=C(NC4COC4)CCN(C=O)C3)cc2C(F)F)cn1. The molecule has 0 atom stereocenters. The predicted octanol–water partition coefficient (Wildman–Crippen LogP) is 2.26. The zero-order valence-corrected chi connectivity index (χ0v) is 17.4. The second-order valence-electron chi connectivity index (χ2n) is 7.75. The Hall–Kier alpha value is -3.34. The first-order valence-corrected chi connectivity index (χ1v) is 10.1. The molecule has 0 spiro atoms. The minimum atomic E-state index is -2.85. The van der Waals surface area contributed by atoms with E-state index in [0.717, 1.165) is 17.8 Å². The van der Waals surface area contributed by atoms with Gasteiger partial charge in [0.05, 0.1) is 32.0 Å². The maximum absolute atomic E-state index is 14.9. The van der Waals surface area contributed by atoms with Crippen molar-refractivity contribution in [2.75, 3.05) is 26.3 Å². The molecule has 3 heterocycles. The van der Waals surface area contributed by atoms with Crippen LogP contribution in [0.2, 0.25) is 0 Å². The van der Waals surface area contributed by atoms with Gasteiger partial charge in [0.1, 0.15) is 17.3 Å². The summed E-state index contributed by atoms with van der Waals surface area (Å²) in [6.07, 6.45) is 1.29. The van der Waals surface area contributed by atoms with Crippen LogP contribution < -0.4 is 11.1 Å². The zero-order valence-electron chi connectivity index (χ0n) is 17.4. The maximum Gasteiger partial charge on any atom is 0.264 e. The fourth-order valence-corrected chi connectivity index (χ4v) is 3.69. The zero-order chi connectivity index (χ0) is 22.8. The minimum absolute atomic E-state index is 0.0347. The lowest BCUT2D eigenvalue weighted by atomic mass is 10.0. The molecule has 0 unspecified atom stereocenters. The van der Waals surface area contributed by atoms with Crippen molar-refractivity contribution in [1.82, 2.24) is 20.0 Å². The molecular formula is C21H23F3N6O2. The number of amides is 1. The van der Waals surface area contributed by atoms with Crippen LogP contribution in [-0.4, -0.2) is 59.3 Å². The molecule has 0 bridgehead atoms. The van der Waals surface area contributed by atoms with Crippen LogP contribution >= 0.6 is 0 Å². The number of amidine groups is 1. The number of nitrogens with one attached hydrogen (secondary N) is 1. The van der Waals surface area contributed by atoms with Crippen LogP contribution in [0.25, 0.3) is 11.1 Å². The molecule has 1 amide bonds. The summed E-state index contributed by atoms with van der Waals surface area (Å²) in [6.45, 7) is 1.78. The number of carbonyl (C=O) groups is 1. The minimum Gasteiger partial charge on any atom is -0.383 e. The lowest BCUT2D eigenvalue weighted by Crippen LogP contribution is -2.48. The van der Waals surface area contributed by atoms with Gasteiger partial charge in [-0.3, -0.25) is 9.48 Å². The molecule has 1 fully saturated rings. The average Bonchev–Trinajstić information content (AvgIpc) is 3.17. The summed E-state index contributed by atoms with van der Waals surface area (Å²) in [5.74, 6) is -0.825. The lowest BCUT2D eigenvalue weighted by molar-refractivity contribution is -0.117. The van der Waals surface area contributed by atoms with Crippen molar-refractivity contribution in [1.29, 1.82) is 0 Å². The molecule has 1 aromatic heterocycles. The Balaban J connectivity index is 1.72. The molecule has 1 saturated heterocycles. The Morgan fingerprint density at radius 1 is 1.41 bits per heavy atom. The highest BCUT2D eigenvalue weighted by atomic mass is 19.3. The number of hydrogen-bond donors (Lipinski definition) is 2. The summed E-state index contributed by atoms with van der Waals surface area (Å²) in [4.78, 5) is 16.9. The van der Waals surface area contributed by atoms with Crippen molar-refractivity contribution in [3.63, 3.8) is 0 Å². The molecule has 170 valence electrons. The number of halogens is 3. The Labute approximate surface area is 182 Å². The molecule has 32 heavy (non-hydrogen) atoms. The largest absolute Gasteiger partial charge is 0.383 e. The fourth-order valence-electron chi connectivity index (χ4n) is 3.69. The van der Waals surface area contributed by atoms with Crippen molar-refractivity contribution < 1.29 is 22.7 Å². The molecule has 0 saturated carbocycles. The first-order chi connectivity index (χ1) is 15.4. The van der Waals surface area contributed by atoms with Gasteiger partial charge in [0.2, 0.25) is 6.41 Å². The van der Waals surface area contributed by atoms with Gasteiger partial charge in [-0.2, -0.15) is 5.10 Å². The van der Waals surface area contributed by atoms with Gasteiger partial charge < -0.3 is 20.7 Å². The highest BCUT2D eigenvalue weighted by Crippen LogP contribution is 2.36. The number of benzene rings is 1. The topological polar surface area (TPSA) is 97.8 Å². The van der Waals surface area contributed by atoms with E-state index < -0.39 is 12.2 Å². The molecular weight excluding hydrogens is 425 g/mol. The molecule has 0 aliphatic carbocycles. The van der Waals surface area contributed by atoms with Gasteiger partial charge >= 0.3 is 0 Å². The Morgan fingerprint density at radius 2 is 2.19 bits per heavy atom. The number of aliphatic imine (C=N–C) groups is 1. The van der Waals surface area contributed by atoms with Crippen molar-refractivity contribution in [2.45, 2.75) is 18.9 Å². The average molecular weight is 448 g/mol. The van der Waals surface area contributed by atoms with Crippen LogP contribution in [0.15, 0.2) is 40.8 Å². The van der Waals surface area contributed by atoms with Crippen LogP contribution in [0.3, 0.4) is 0 Å². The molecule has 11 heteroatoms. The summed E-state index contributed by atoms with van der Waals surface area (Å²) in [7, 11) is 1.64. The molecule has 4 rings (SSSR count). The lowest BCUT2D eigenvalue weighted by Gasteiger charge is -2.34. The van der Waals surface area contributed by atoms with Gasteiger partial charge in [-0.1, -0.05) is 0 Å². The third-order valence-electron chi connectivity index (χ3n) is 5.46. The molecule has 0 radical (unpaired) electrons. The van der Waals surface area contributed by atoms with E-state index in [1.54, 1.807) is 7.05 Å². The summed E-state index contributed by atoms with van der Waals surface area (Å²) < 4.78 is 49.0. The van der Waals surface area contributed by atoms with E-state index in [9.17, 15) is 18.0 Å². The van der Waals surface area contributed by atoms with E-state index in [0.29, 0.717) is 43.7 Å². The van der Waals surface area contributed by atoms with Crippen molar-refractivity contribution in [3.05, 3.63) is 47.2 Å². The number of alkyl halides is 2. The smallest absolute Gasteiger partial charge is 0.264 e. The first-order valence-electron chi connectivity index (χ1n) is 10.1. The van der Waals surface area contributed by atoms with E-state index in [2.05, 4.69) is 15.4 Å². The summed E-state index contributed by atoms with van der Waals surface area (Å²) in [5.41, 5.74) is 7.25. The second-order valence-corrected chi connectivity index (χ2v) is 7.75. The second kappa shape index (κ2) is 9.03. The summed E-state index contributed by atoms with van der Waals surface area (Å²) in [5, 5.41) is 7.28. The van der Waals surface area contributed by atoms with E-state index in [-0.39, 0.29) is 35.2 Å². The monoisotopic (exact) mass is 448 g/mol. The van der Waals surface area contributed by atoms with E-state index in [1.165, 1.54) is 22.0 Å². The van der Waals surface area contributed by atoms with E-state index in [4.69, 9.17) is 10.5 Å². The Morgan fingerprint density at radius 3 is 2.78 bits per heavy atom. The van der Waals surface area contributed by atoms with Crippen molar-refractivity contribution >= 4 is 17.9 Å². The van der Waals surface area contributed by atoms with Gasteiger partial charge in [-0.05, 0) is 17.7 Å². The number of ether oxygens (including phenoxy) is 1. The number of carbonyl (C=O) groups excluding carboxylic acids is 1. The summed E-state index contributed by atoms with van der Waals surface area (Å²) in [6, 6.07) is 2.14. The quantitative estimate of drug-likeness (QED) is 0.385. The van der Waals surface area contributed by atoms with Crippen LogP contribution in [0.1, 0.15) is 18.4 Å². The van der Waals surface area contributed by atoms with Crippen LogP contribution in [0.5, 0.6) is 0 Å². The first kappa shape index (κ1) is 21.9. The normalized spacial score (nSPS) is 17.7. The predicted molar refractivity (Wildman–Crippen MR) is 112 cm³/mol. The highest BCUT2D eigenvalue weighted by Gasteiger charge is 2.26. The van der Waals surface area contributed by atoms with Crippen LogP contribution in [0.4, 0.5) is 18.9 Å². The van der Waals surface area contributed by atoms with E-state index >= 15 is 0 Å². The number of rotatable bonds is 7. The molecule has 2 aliphatic heterocycles.